The Balaban J connectivity index is 0.00000144. The van der Waals surface area contributed by atoms with E-state index < -0.39 is 6.43 Å². The number of aromatic nitrogens is 5. The summed E-state index contributed by atoms with van der Waals surface area (Å²) >= 11 is 0. The highest BCUT2D eigenvalue weighted by Crippen LogP contribution is 2.45. The van der Waals surface area contributed by atoms with Crippen LogP contribution in [0.2, 0.25) is 0 Å². The van der Waals surface area contributed by atoms with E-state index in [1.54, 1.807) is 12.1 Å². The molecule has 9 nitrogen and oxygen atoms in total. The first-order valence-corrected chi connectivity index (χ1v) is 10.4. The molecule has 3 aromatic heterocycles. The zero-order valence-corrected chi connectivity index (χ0v) is 22.1. The number of methoxy groups -OCH3 is 2. The van der Waals surface area contributed by atoms with E-state index in [4.69, 9.17) is 9.47 Å². The summed E-state index contributed by atoms with van der Waals surface area (Å²) in [7, 11) is 2.95. The molecular formula is C21H28F2N6O3S3. The summed E-state index contributed by atoms with van der Waals surface area (Å²) in [6, 6.07) is 4.52. The maximum Gasteiger partial charge on any atom is 0.280 e. The minimum absolute atomic E-state index is 0. The molecule has 1 amide bonds. The highest BCUT2D eigenvalue weighted by molar-refractivity contribution is 7.59. The van der Waals surface area contributed by atoms with Crippen molar-refractivity contribution in [1.82, 2.24) is 29.5 Å². The van der Waals surface area contributed by atoms with Crippen molar-refractivity contribution in [2.75, 3.05) is 14.2 Å². The van der Waals surface area contributed by atoms with Crippen molar-refractivity contribution >= 4 is 52.2 Å². The number of carbonyl (C=O) groups excluding carboxylic acids is 1. The molecule has 5 rings (SSSR count). The van der Waals surface area contributed by atoms with Gasteiger partial charge < -0.3 is 14.4 Å². The molecule has 192 valence electrons. The van der Waals surface area contributed by atoms with Gasteiger partial charge >= 0.3 is 0 Å². The number of nitrogens with zero attached hydrogens (tertiary/aromatic N) is 6. The van der Waals surface area contributed by atoms with E-state index in [-0.39, 0.29) is 87.6 Å². The zero-order valence-electron chi connectivity index (χ0n) is 19.1. The molecule has 3 atom stereocenters. The van der Waals surface area contributed by atoms with Crippen LogP contribution in [0.5, 0.6) is 11.8 Å². The Hall–Kier alpha value is -2.32. The minimum atomic E-state index is -2.72. The molecule has 14 heteroatoms. The fraction of sp³-hybridized carbons (Fsp3) is 0.476. The maximum absolute atomic E-state index is 13.6. The van der Waals surface area contributed by atoms with E-state index in [0.717, 1.165) is 25.7 Å². The average Bonchev–Trinajstić information content (AvgIpc) is 3.40. The molecule has 0 aliphatic carbocycles. The predicted octanol–water partition coefficient (Wildman–Crippen LogP) is 3.36. The van der Waals surface area contributed by atoms with Gasteiger partial charge in [-0.2, -0.15) is 55.6 Å². The van der Waals surface area contributed by atoms with Crippen molar-refractivity contribution in [2.45, 2.75) is 50.1 Å². The van der Waals surface area contributed by atoms with Crippen LogP contribution in [0.1, 0.15) is 59.8 Å². The highest BCUT2D eigenvalue weighted by atomic mass is 32.1. The smallest absolute Gasteiger partial charge is 0.280 e. The van der Waals surface area contributed by atoms with Crippen LogP contribution in [-0.4, -0.2) is 61.7 Å². The summed E-state index contributed by atoms with van der Waals surface area (Å²) in [5.74, 6) is 0.397. The van der Waals surface area contributed by atoms with Crippen molar-refractivity contribution in [2.24, 2.45) is 0 Å². The number of ether oxygens (including phenoxy) is 2. The Kier molecular flexibility index (Phi) is 9.59. The molecule has 2 bridgehead atoms. The number of piperidine rings is 1. The molecule has 0 unspecified atom stereocenters. The quantitative estimate of drug-likeness (QED) is 0.484. The normalized spacial score (nSPS) is 20.6. The summed E-state index contributed by atoms with van der Waals surface area (Å²) in [6.07, 6.45) is 1.77. The Morgan fingerprint density at radius 1 is 1.00 bits per heavy atom. The van der Waals surface area contributed by atoms with Gasteiger partial charge in [-0.3, -0.25) is 4.79 Å². The lowest BCUT2D eigenvalue weighted by atomic mass is 9.86. The molecule has 3 aromatic rings. The molecule has 0 radical (unpaired) electrons. The van der Waals surface area contributed by atoms with E-state index in [1.807, 2.05) is 4.90 Å². The zero-order chi connectivity index (χ0) is 22.4. The second-order valence-electron chi connectivity index (χ2n) is 8.01. The number of alkyl halides is 2. The Bertz CT molecular complexity index is 1160. The van der Waals surface area contributed by atoms with Crippen LogP contribution in [-0.2, 0) is 0 Å². The number of hydrogen-bond acceptors (Lipinski definition) is 7. The molecule has 35 heavy (non-hydrogen) atoms. The van der Waals surface area contributed by atoms with Crippen molar-refractivity contribution in [3.8, 4) is 11.8 Å². The maximum atomic E-state index is 13.6. The fourth-order valence-electron chi connectivity index (χ4n) is 5.01. The van der Waals surface area contributed by atoms with Gasteiger partial charge in [-0.15, -0.1) is 0 Å². The van der Waals surface area contributed by atoms with E-state index in [9.17, 15) is 13.6 Å². The molecule has 0 saturated carbocycles. The summed E-state index contributed by atoms with van der Waals surface area (Å²) in [5.41, 5.74) is 0.693. The summed E-state index contributed by atoms with van der Waals surface area (Å²) in [6.45, 7) is 0. The second kappa shape index (κ2) is 11.6. The number of fused-ring (bicyclic) bond motifs is 3. The first-order valence-electron chi connectivity index (χ1n) is 10.4. The SMILES string of the molecule is COc1cc(C(=O)N2[C@H]3CC[C@H](c4cc(C(F)F)nc5ncnn45)[C@@H]2CC3)cc(OC)n1.S.S.S. The molecule has 2 aliphatic heterocycles. The van der Waals surface area contributed by atoms with Gasteiger partial charge in [0.15, 0.2) is 0 Å². The standard InChI is InChI=1S/C21H22F2N6O3.3H2S/c1-31-17-7-11(8-18(27-17)32-2)20(30)28-12-3-5-13(15(28)6-4-12)16-9-14(19(22)23)26-21-24-10-25-29(16)21;;;/h7-10,12-13,15,19H,3-6H2,1-2H3;3*1H2/t12-,13-,15-;;;/m0.../s1. The molecule has 5 heterocycles. The minimum Gasteiger partial charge on any atom is -0.481 e. The number of rotatable bonds is 5. The lowest BCUT2D eigenvalue weighted by Gasteiger charge is -2.40. The van der Waals surface area contributed by atoms with Crippen LogP contribution in [0.25, 0.3) is 5.78 Å². The summed E-state index contributed by atoms with van der Waals surface area (Å²) in [4.78, 5) is 27.5. The van der Waals surface area contributed by atoms with E-state index in [2.05, 4.69) is 20.1 Å². The van der Waals surface area contributed by atoms with Crippen molar-refractivity contribution in [3.05, 3.63) is 41.5 Å². The first kappa shape index (κ1) is 28.9. The van der Waals surface area contributed by atoms with Crippen molar-refractivity contribution in [1.29, 1.82) is 0 Å². The van der Waals surface area contributed by atoms with E-state index in [1.165, 1.54) is 31.1 Å². The van der Waals surface area contributed by atoms with Gasteiger partial charge in [-0.1, -0.05) is 0 Å². The van der Waals surface area contributed by atoms with Crippen LogP contribution in [0, 0.1) is 0 Å². The Labute approximate surface area is 222 Å². The number of carbonyl (C=O) groups is 1. The van der Waals surface area contributed by atoms with Crippen molar-refractivity contribution < 1.29 is 23.0 Å². The monoisotopic (exact) mass is 546 g/mol. The number of hydrogen-bond donors (Lipinski definition) is 0. The largest absolute Gasteiger partial charge is 0.481 e. The highest BCUT2D eigenvalue weighted by Gasteiger charge is 2.46. The van der Waals surface area contributed by atoms with E-state index in [0.29, 0.717) is 11.3 Å². The third-order valence-electron chi connectivity index (χ3n) is 6.40. The van der Waals surface area contributed by atoms with Gasteiger partial charge in [-0.25, -0.2) is 18.3 Å². The number of amides is 1. The van der Waals surface area contributed by atoms with Crippen molar-refractivity contribution in [3.63, 3.8) is 0 Å². The van der Waals surface area contributed by atoms with Crippen LogP contribution < -0.4 is 9.47 Å². The second-order valence-corrected chi connectivity index (χ2v) is 8.01. The van der Waals surface area contributed by atoms with Gasteiger partial charge in [0.25, 0.3) is 18.1 Å². The lowest BCUT2D eigenvalue weighted by Crippen LogP contribution is -2.47. The van der Waals surface area contributed by atoms with Crippen LogP contribution in [0.3, 0.4) is 0 Å². The third-order valence-corrected chi connectivity index (χ3v) is 6.40. The van der Waals surface area contributed by atoms with Crippen LogP contribution in [0.4, 0.5) is 8.78 Å². The topological polar surface area (TPSA) is 94.7 Å². The number of halogens is 2. The summed E-state index contributed by atoms with van der Waals surface area (Å²) < 4.78 is 38.9. The molecule has 0 N–H and O–H groups in total. The fourth-order valence-corrected chi connectivity index (χ4v) is 5.01. The number of pyridine rings is 1. The Morgan fingerprint density at radius 2 is 1.66 bits per heavy atom. The van der Waals surface area contributed by atoms with Gasteiger partial charge in [0.2, 0.25) is 11.8 Å². The predicted molar refractivity (Wildman–Crippen MR) is 139 cm³/mol. The average molecular weight is 547 g/mol. The molecule has 0 spiro atoms. The lowest BCUT2D eigenvalue weighted by molar-refractivity contribution is 0.0552. The van der Waals surface area contributed by atoms with Gasteiger partial charge in [0.1, 0.15) is 12.0 Å². The van der Waals surface area contributed by atoms with Gasteiger partial charge in [-0.05, 0) is 31.7 Å². The van der Waals surface area contributed by atoms with Gasteiger partial charge in [0, 0.05) is 30.1 Å². The van der Waals surface area contributed by atoms with E-state index >= 15 is 0 Å². The van der Waals surface area contributed by atoms with Gasteiger partial charge in [0.05, 0.1) is 25.5 Å². The molecule has 2 fully saturated rings. The first-order chi connectivity index (χ1) is 15.5. The van der Waals surface area contributed by atoms with Crippen LogP contribution in [0.15, 0.2) is 24.5 Å². The molecule has 2 saturated heterocycles. The molecular weight excluding hydrogens is 518 g/mol. The Morgan fingerprint density at radius 3 is 2.29 bits per heavy atom. The molecule has 2 aliphatic rings. The summed E-state index contributed by atoms with van der Waals surface area (Å²) in [5, 5.41) is 4.20. The van der Waals surface area contributed by atoms with Crippen LogP contribution >= 0.6 is 40.5 Å². The third kappa shape index (κ3) is 5.14. The molecule has 0 aromatic carbocycles.